The van der Waals surface area contributed by atoms with Crippen LogP contribution in [0.4, 0.5) is 0 Å². The molecule has 0 radical (unpaired) electrons. The Balaban J connectivity index is 1.63. The maximum absolute atomic E-state index is 12.4. The van der Waals surface area contributed by atoms with Gasteiger partial charge in [-0.3, -0.25) is 0 Å². The number of fused-ring (bicyclic) bond motifs is 1. The summed E-state index contributed by atoms with van der Waals surface area (Å²) in [5, 5.41) is 9.21. The summed E-state index contributed by atoms with van der Waals surface area (Å²) in [5.74, 6) is 2.74. The van der Waals surface area contributed by atoms with Gasteiger partial charge >= 0.3 is 0 Å². The van der Waals surface area contributed by atoms with Gasteiger partial charge in [-0.1, -0.05) is 11.8 Å². The van der Waals surface area contributed by atoms with E-state index in [1.54, 1.807) is 18.4 Å². The molecule has 4 aromatic rings. The first-order chi connectivity index (χ1) is 14.3. The van der Waals surface area contributed by atoms with Gasteiger partial charge in [0.1, 0.15) is 5.82 Å². The molecule has 30 heavy (non-hydrogen) atoms. The van der Waals surface area contributed by atoms with Gasteiger partial charge in [0.05, 0.1) is 27.9 Å². The van der Waals surface area contributed by atoms with Gasteiger partial charge in [0.2, 0.25) is 10.0 Å². The summed E-state index contributed by atoms with van der Waals surface area (Å²) in [4.78, 5) is 4.93. The predicted molar refractivity (Wildman–Crippen MR) is 115 cm³/mol. The second-order valence-electron chi connectivity index (χ2n) is 6.84. The fraction of sp³-hybridized carbons (Fsp3) is 0.316. The second-order valence-corrected chi connectivity index (χ2v) is 9.94. The van der Waals surface area contributed by atoms with Crippen LogP contribution in [0.3, 0.4) is 0 Å². The van der Waals surface area contributed by atoms with Crippen LogP contribution >= 0.6 is 11.8 Å². The molecule has 0 atom stereocenters. The average Bonchev–Trinajstić information content (AvgIpc) is 3.44. The average molecular weight is 447 g/mol. The first kappa shape index (κ1) is 20.6. The lowest BCUT2D eigenvalue weighted by Crippen LogP contribution is -2.22. The smallest absolute Gasteiger partial charge is 0.242 e. The topological polar surface area (TPSA) is 99.0 Å². The van der Waals surface area contributed by atoms with Crippen molar-refractivity contribution in [3.63, 3.8) is 0 Å². The second kappa shape index (κ2) is 7.89. The molecule has 1 aromatic carbocycles. The molecule has 0 aliphatic rings. The Hall–Kier alpha value is -2.63. The standard InChI is InChI=1S/C19H22N6O3S2/c1-5-25-15-9-8-13(30(26,27)23(2)3)11-14(15)20-17(25)12-29-19-22-21-18(24(19)4)16-7-6-10-28-16/h6-11H,5,12H2,1-4H3. The van der Waals surface area contributed by atoms with Gasteiger partial charge < -0.3 is 13.6 Å². The predicted octanol–water partition coefficient (Wildman–Crippen LogP) is 2.99. The summed E-state index contributed by atoms with van der Waals surface area (Å²) in [5.41, 5.74) is 1.56. The number of rotatable bonds is 7. The molecular weight excluding hydrogens is 424 g/mol. The van der Waals surface area contributed by atoms with E-state index >= 15 is 0 Å². The van der Waals surface area contributed by atoms with Crippen LogP contribution in [0.15, 0.2) is 51.1 Å². The lowest BCUT2D eigenvalue weighted by atomic mass is 10.3. The summed E-state index contributed by atoms with van der Waals surface area (Å²) in [6.45, 7) is 2.76. The van der Waals surface area contributed by atoms with Crippen LogP contribution in [0.5, 0.6) is 0 Å². The molecule has 0 N–H and O–H groups in total. The van der Waals surface area contributed by atoms with Crippen LogP contribution in [0.25, 0.3) is 22.6 Å². The van der Waals surface area contributed by atoms with E-state index < -0.39 is 10.0 Å². The fourth-order valence-electron chi connectivity index (χ4n) is 3.18. The van der Waals surface area contributed by atoms with E-state index in [9.17, 15) is 8.42 Å². The highest BCUT2D eigenvalue weighted by Gasteiger charge is 2.20. The lowest BCUT2D eigenvalue weighted by molar-refractivity contribution is 0.521. The third-order valence-electron chi connectivity index (χ3n) is 4.80. The van der Waals surface area contributed by atoms with Crippen molar-refractivity contribution in [2.24, 2.45) is 7.05 Å². The van der Waals surface area contributed by atoms with Gasteiger partial charge in [-0.2, -0.15) is 0 Å². The SMILES string of the molecule is CCn1c(CSc2nnc(-c3ccco3)n2C)nc2cc(S(=O)(=O)N(C)C)ccc21. The molecule has 9 nitrogen and oxygen atoms in total. The molecule has 11 heteroatoms. The normalized spacial score (nSPS) is 12.3. The van der Waals surface area contributed by atoms with Crippen molar-refractivity contribution in [3.05, 3.63) is 42.4 Å². The molecule has 158 valence electrons. The largest absolute Gasteiger partial charge is 0.461 e. The van der Waals surface area contributed by atoms with Gasteiger partial charge in [-0.25, -0.2) is 17.7 Å². The molecule has 4 rings (SSSR count). The number of benzene rings is 1. The molecule has 0 fully saturated rings. The molecule has 0 amide bonds. The van der Waals surface area contributed by atoms with Gasteiger partial charge in [0, 0.05) is 27.7 Å². The van der Waals surface area contributed by atoms with Crippen molar-refractivity contribution in [1.82, 2.24) is 28.6 Å². The lowest BCUT2D eigenvalue weighted by Gasteiger charge is -2.11. The van der Waals surface area contributed by atoms with E-state index in [0.717, 1.165) is 23.0 Å². The zero-order valence-electron chi connectivity index (χ0n) is 17.1. The van der Waals surface area contributed by atoms with Crippen molar-refractivity contribution < 1.29 is 12.8 Å². The Morgan fingerprint density at radius 3 is 2.67 bits per heavy atom. The number of furan rings is 1. The molecule has 0 bridgehead atoms. The van der Waals surface area contributed by atoms with Crippen molar-refractivity contribution in [3.8, 4) is 11.6 Å². The van der Waals surface area contributed by atoms with E-state index in [1.807, 2.05) is 36.7 Å². The van der Waals surface area contributed by atoms with Crippen molar-refractivity contribution >= 4 is 32.8 Å². The molecule has 0 spiro atoms. The van der Waals surface area contributed by atoms with Gasteiger partial charge in [-0.05, 0) is 37.3 Å². The molecule has 0 saturated heterocycles. The molecule has 0 aliphatic heterocycles. The molecular formula is C19H22N6O3S2. The Bertz CT molecular complexity index is 1290. The number of thioether (sulfide) groups is 1. The van der Waals surface area contributed by atoms with Gasteiger partial charge in [-0.15, -0.1) is 10.2 Å². The number of nitrogens with zero attached hydrogens (tertiary/aromatic N) is 6. The highest BCUT2D eigenvalue weighted by atomic mass is 32.2. The zero-order chi connectivity index (χ0) is 21.5. The quantitative estimate of drug-likeness (QED) is 0.402. The maximum Gasteiger partial charge on any atom is 0.242 e. The van der Waals surface area contributed by atoms with Crippen LogP contribution in [-0.2, 0) is 29.4 Å². The molecule has 3 heterocycles. The van der Waals surface area contributed by atoms with E-state index in [1.165, 1.54) is 30.2 Å². The number of imidazole rings is 1. The minimum absolute atomic E-state index is 0.233. The van der Waals surface area contributed by atoms with Crippen LogP contribution in [0.2, 0.25) is 0 Å². The van der Waals surface area contributed by atoms with Crippen LogP contribution in [-0.4, -0.2) is 51.1 Å². The van der Waals surface area contributed by atoms with Crippen molar-refractivity contribution in [2.45, 2.75) is 29.3 Å². The van der Waals surface area contributed by atoms with E-state index in [0.29, 0.717) is 22.9 Å². The summed E-state index contributed by atoms with van der Waals surface area (Å²) < 4.78 is 35.5. The number of hydrogen-bond donors (Lipinski definition) is 0. The maximum atomic E-state index is 12.4. The molecule has 0 unspecified atom stereocenters. The van der Waals surface area contributed by atoms with Crippen LogP contribution in [0.1, 0.15) is 12.7 Å². The molecule has 0 aliphatic carbocycles. The third-order valence-corrected chi connectivity index (χ3v) is 7.63. The van der Waals surface area contributed by atoms with E-state index in [-0.39, 0.29) is 4.90 Å². The Labute approximate surface area is 178 Å². The number of aryl methyl sites for hydroxylation is 1. The fourth-order valence-corrected chi connectivity index (χ4v) is 4.96. The highest BCUT2D eigenvalue weighted by molar-refractivity contribution is 7.98. The highest BCUT2D eigenvalue weighted by Crippen LogP contribution is 2.28. The third kappa shape index (κ3) is 3.53. The van der Waals surface area contributed by atoms with Gasteiger partial charge in [0.15, 0.2) is 16.7 Å². The Morgan fingerprint density at radius 1 is 1.20 bits per heavy atom. The first-order valence-electron chi connectivity index (χ1n) is 9.30. The van der Waals surface area contributed by atoms with Crippen molar-refractivity contribution in [1.29, 1.82) is 0 Å². The molecule has 3 aromatic heterocycles. The van der Waals surface area contributed by atoms with Gasteiger partial charge in [0.25, 0.3) is 0 Å². The minimum atomic E-state index is -3.51. The summed E-state index contributed by atoms with van der Waals surface area (Å²) in [7, 11) is 1.42. The number of aromatic nitrogens is 5. The Kier molecular flexibility index (Phi) is 5.43. The Morgan fingerprint density at radius 2 is 2.00 bits per heavy atom. The summed E-state index contributed by atoms with van der Waals surface area (Å²) in [6, 6.07) is 8.72. The summed E-state index contributed by atoms with van der Waals surface area (Å²) >= 11 is 1.52. The summed E-state index contributed by atoms with van der Waals surface area (Å²) in [6.07, 6.45) is 1.60. The van der Waals surface area contributed by atoms with Crippen LogP contribution < -0.4 is 0 Å². The first-order valence-corrected chi connectivity index (χ1v) is 11.7. The van der Waals surface area contributed by atoms with Crippen LogP contribution in [0, 0.1) is 0 Å². The van der Waals surface area contributed by atoms with Crippen molar-refractivity contribution in [2.75, 3.05) is 14.1 Å². The monoisotopic (exact) mass is 446 g/mol. The zero-order valence-corrected chi connectivity index (χ0v) is 18.7. The molecule has 0 saturated carbocycles. The number of hydrogen-bond acceptors (Lipinski definition) is 7. The minimum Gasteiger partial charge on any atom is -0.461 e. The van der Waals surface area contributed by atoms with E-state index in [2.05, 4.69) is 14.8 Å². The number of sulfonamides is 1. The van der Waals surface area contributed by atoms with E-state index in [4.69, 9.17) is 9.40 Å².